The van der Waals surface area contributed by atoms with Gasteiger partial charge in [0, 0.05) is 54.6 Å². The lowest BCUT2D eigenvalue weighted by Crippen LogP contribution is -2.58. The first-order valence-electron chi connectivity index (χ1n) is 13.5. The number of alkyl halides is 1. The zero-order valence-corrected chi connectivity index (χ0v) is 22.1. The van der Waals surface area contributed by atoms with Crippen LogP contribution in [0.15, 0.2) is 0 Å². The fourth-order valence-corrected chi connectivity index (χ4v) is 7.46. The average Bonchev–Trinajstić information content (AvgIpc) is 3.24. The van der Waals surface area contributed by atoms with Gasteiger partial charge in [0.25, 0.3) is 0 Å². The number of ether oxygens (including phenoxy) is 1. The summed E-state index contributed by atoms with van der Waals surface area (Å²) in [7, 11) is 2.19. The Morgan fingerprint density at radius 1 is 1.12 bits per heavy atom. The van der Waals surface area contributed by atoms with E-state index in [-0.39, 0.29) is 24.0 Å². The van der Waals surface area contributed by atoms with Gasteiger partial charge in [0.2, 0.25) is 5.91 Å². The molecule has 9 atom stereocenters. The maximum Gasteiger partial charge on any atom is 0.223 e. The zero-order chi connectivity index (χ0) is 23.5. The maximum absolute atomic E-state index is 13.3. The minimum absolute atomic E-state index is 0.120. The lowest BCUT2D eigenvalue weighted by molar-refractivity contribution is -0.130. The number of amides is 1. The lowest BCUT2D eigenvalue weighted by Gasteiger charge is -2.43. The highest BCUT2D eigenvalue weighted by Crippen LogP contribution is 2.37. The van der Waals surface area contributed by atoms with Crippen LogP contribution in [0.1, 0.15) is 57.8 Å². The van der Waals surface area contributed by atoms with Gasteiger partial charge >= 0.3 is 0 Å². The van der Waals surface area contributed by atoms with Crippen molar-refractivity contribution in [1.82, 2.24) is 37.0 Å². The van der Waals surface area contributed by atoms with Gasteiger partial charge in [-0.15, -0.1) is 0 Å². The fraction of sp³-hybridized carbons (Fsp3) is 0.958. The Morgan fingerprint density at radius 3 is 2.88 bits per heavy atom. The quantitative estimate of drug-likeness (QED) is 0.271. The van der Waals surface area contributed by atoms with Crippen molar-refractivity contribution in [3.05, 3.63) is 0 Å². The monoisotopic (exact) mass is 541 g/mol. The van der Waals surface area contributed by atoms with E-state index in [0.29, 0.717) is 35.1 Å². The number of hydrogen-bond acceptors (Lipinski definition) is 8. The smallest absolute Gasteiger partial charge is 0.223 e. The van der Waals surface area contributed by atoms with Crippen molar-refractivity contribution in [2.24, 2.45) is 11.8 Å². The first-order chi connectivity index (χ1) is 16.6. The molecule has 34 heavy (non-hydrogen) atoms. The number of fused-ring (bicyclic) bond motifs is 1. The van der Waals surface area contributed by atoms with Gasteiger partial charge in [0.15, 0.2) is 0 Å². The Balaban J connectivity index is 1.08. The highest BCUT2D eigenvalue weighted by molar-refractivity contribution is 9.09. The van der Waals surface area contributed by atoms with Crippen LogP contribution in [0, 0.1) is 11.8 Å². The van der Waals surface area contributed by atoms with Crippen LogP contribution in [-0.4, -0.2) is 85.6 Å². The predicted molar refractivity (Wildman–Crippen MR) is 136 cm³/mol. The molecule has 2 aliphatic carbocycles. The number of hydrogen-bond donors (Lipinski definition) is 6. The van der Waals surface area contributed by atoms with E-state index >= 15 is 0 Å². The molecular formula is C24H44BrN7O2. The summed E-state index contributed by atoms with van der Waals surface area (Å²) in [5.74, 6) is 0.839. The van der Waals surface area contributed by atoms with Crippen molar-refractivity contribution >= 4 is 21.8 Å². The third-order valence-corrected chi connectivity index (χ3v) is 9.68. The Kier molecular flexibility index (Phi) is 8.80. The average molecular weight is 543 g/mol. The van der Waals surface area contributed by atoms with Crippen LogP contribution in [-0.2, 0) is 9.53 Å². The predicted octanol–water partition coefficient (Wildman–Crippen LogP) is 0.573. The maximum atomic E-state index is 13.3. The summed E-state index contributed by atoms with van der Waals surface area (Å²) in [4.78, 5) is 16.2. The van der Waals surface area contributed by atoms with Gasteiger partial charge in [-0.1, -0.05) is 22.4 Å². The molecule has 0 aromatic carbocycles. The molecule has 0 radical (unpaired) electrons. The molecule has 9 nitrogen and oxygen atoms in total. The van der Waals surface area contributed by atoms with Gasteiger partial charge in [-0.05, 0) is 65.0 Å². The number of likely N-dealkylation sites (N-methyl/N-ethyl adjacent to an activating group) is 1. The molecule has 5 rings (SSSR count). The van der Waals surface area contributed by atoms with Gasteiger partial charge in [-0.2, -0.15) is 0 Å². The van der Waals surface area contributed by atoms with E-state index in [9.17, 15) is 4.79 Å². The van der Waals surface area contributed by atoms with E-state index in [1.807, 2.05) is 0 Å². The van der Waals surface area contributed by atoms with Gasteiger partial charge in [-0.25, -0.2) is 10.9 Å². The van der Waals surface area contributed by atoms with Crippen LogP contribution < -0.4 is 32.1 Å². The molecule has 5 aliphatic rings. The number of rotatable bonds is 6. The van der Waals surface area contributed by atoms with Crippen LogP contribution in [0.25, 0.3) is 0 Å². The van der Waals surface area contributed by atoms with Gasteiger partial charge < -0.3 is 20.7 Å². The van der Waals surface area contributed by atoms with Gasteiger partial charge in [0.05, 0.1) is 18.4 Å². The molecule has 194 valence electrons. The molecule has 3 saturated heterocycles. The molecular weight excluding hydrogens is 498 g/mol. The summed E-state index contributed by atoms with van der Waals surface area (Å²) in [5.41, 5.74) is 6.95. The number of carbonyl (C=O) groups is 1. The number of hydrazine groups is 1. The first-order valence-corrected chi connectivity index (χ1v) is 14.5. The molecule has 0 aromatic heterocycles. The van der Waals surface area contributed by atoms with E-state index in [1.165, 1.54) is 6.42 Å². The largest absolute Gasteiger partial charge is 0.378 e. The summed E-state index contributed by atoms with van der Waals surface area (Å²) in [6, 6.07) is 1.11. The number of halogens is 1. The molecule has 0 aromatic rings. The highest BCUT2D eigenvalue weighted by atomic mass is 79.9. The summed E-state index contributed by atoms with van der Waals surface area (Å²) < 4.78 is 6.04. The summed E-state index contributed by atoms with van der Waals surface area (Å²) in [6.45, 7) is 3.58. The van der Waals surface area contributed by atoms with E-state index < -0.39 is 0 Å². The van der Waals surface area contributed by atoms with Crippen molar-refractivity contribution < 1.29 is 9.53 Å². The lowest BCUT2D eigenvalue weighted by atomic mass is 9.78. The van der Waals surface area contributed by atoms with Gasteiger partial charge in [0.1, 0.15) is 0 Å². The van der Waals surface area contributed by atoms with E-state index in [0.717, 1.165) is 77.7 Å². The molecule has 8 unspecified atom stereocenters. The van der Waals surface area contributed by atoms with Crippen LogP contribution in [0.5, 0.6) is 0 Å². The molecule has 6 N–H and O–H groups in total. The zero-order valence-electron chi connectivity index (χ0n) is 20.5. The van der Waals surface area contributed by atoms with E-state index in [1.54, 1.807) is 0 Å². The second-order valence-corrected chi connectivity index (χ2v) is 12.3. The molecule has 5 fully saturated rings. The molecule has 2 saturated carbocycles. The second-order valence-electron chi connectivity index (χ2n) is 11.0. The SMILES string of the molecule is CN1C(CNC2CCCC(C(=O)N[C@H]3CCOC4CCC(Br)CC43)C2)NNC1C1CCNCN1. The normalized spacial score (nSPS) is 43.9. The van der Waals surface area contributed by atoms with E-state index in [4.69, 9.17) is 4.74 Å². The Labute approximate surface area is 212 Å². The third kappa shape index (κ3) is 5.96. The third-order valence-electron chi connectivity index (χ3n) is 8.85. The van der Waals surface area contributed by atoms with Crippen LogP contribution in [0.2, 0.25) is 0 Å². The van der Waals surface area contributed by atoms with Crippen LogP contribution >= 0.6 is 15.9 Å². The van der Waals surface area contributed by atoms with Crippen LogP contribution in [0.3, 0.4) is 0 Å². The van der Waals surface area contributed by atoms with Crippen molar-refractivity contribution in [2.75, 3.05) is 33.4 Å². The Morgan fingerprint density at radius 2 is 2.03 bits per heavy atom. The number of carbonyl (C=O) groups excluding carboxylic acids is 1. The van der Waals surface area contributed by atoms with Gasteiger partial charge in [-0.3, -0.25) is 15.0 Å². The van der Waals surface area contributed by atoms with Crippen molar-refractivity contribution in [2.45, 2.75) is 99.2 Å². The summed E-state index contributed by atoms with van der Waals surface area (Å²) >= 11 is 3.81. The number of nitrogens with one attached hydrogen (secondary N) is 6. The fourth-order valence-electron chi connectivity index (χ4n) is 6.77. The minimum Gasteiger partial charge on any atom is -0.378 e. The second kappa shape index (κ2) is 11.8. The summed E-state index contributed by atoms with van der Waals surface area (Å²) in [6.07, 6.45) is 10.5. The molecule has 0 spiro atoms. The standard InChI is InChI=1S/C24H44BrN7O2/c1-32-22(30-31-23(32)20-7-9-26-14-28-20)13-27-17-4-2-3-15(11-17)24(33)29-19-8-10-34-21-6-5-16(25)12-18(19)21/h15-23,26-28,30-31H,2-14H2,1H3,(H,29,33)/t15?,16?,17?,18?,19-,20?,21?,22?,23?/m0/s1. The first kappa shape index (κ1) is 25.3. The van der Waals surface area contributed by atoms with Crippen molar-refractivity contribution in [1.29, 1.82) is 0 Å². The number of nitrogens with zero attached hydrogens (tertiary/aromatic N) is 1. The summed E-state index contributed by atoms with van der Waals surface area (Å²) in [5, 5.41) is 14.2. The molecule has 10 heteroatoms. The molecule has 3 heterocycles. The van der Waals surface area contributed by atoms with Crippen molar-refractivity contribution in [3.8, 4) is 0 Å². The topological polar surface area (TPSA) is 102 Å². The van der Waals surface area contributed by atoms with Crippen molar-refractivity contribution in [3.63, 3.8) is 0 Å². The molecule has 3 aliphatic heterocycles. The van der Waals surface area contributed by atoms with Crippen LogP contribution in [0.4, 0.5) is 0 Å². The Hall–Kier alpha value is -0.330. The minimum atomic E-state index is 0.120. The highest BCUT2D eigenvalue weighted by Gasteiger charge is 2.40. The molecule has 0 bridgehead atoms. The Bertz CT molecular complexity index is 682. The van der Waals surface area contributed by atoms with E-state index in [2.05, 4.69) is 60.0 Å². The molecule has 1 amide bonds.